The third kappa shape index (κ3) is 4.73. The van der Waals surface area contributed by atoms with Gasteiger partial charge in [0.15, 0.2) is 11.8 Å². The lowest BCUT2D eigenvalue weighted by atomic mass is 10.3. The molecule has 30 heavy (non-hydrogen) atoms. The van der Waals surface area contributed by atoms with Crippen LogP contribution >= 0.6 is 11.5 Å². The molecule has 3 aromatic heterocycles. The maximum Gasteiger partial charge on any atom is 0.276 e. The molecule has 4 rings (SSSR count). The quantitative estimate of drug-likeness (QED) is 0.462. The van der Waals surface area contributed by atoms with Crippen LogP contribution in [0.3, 0.4) is 0 Å². The zero-order chi connectivity index (χ0) is 20.8. The van der Waals surface area contributed by atoms with E-state index in [9.17, 15) is 0 Å². The van der Waals surface area contributed by atoms with Crippen molar-refractivity contribution in [2.45, 2.75) is 19.8 Å². The van der Waals surface area contributed by atoms with Gasteiger partial charge in [-0.3, -0.25) is 9.98 Å². The molecular formula is C19H25N9OS. The summed E-state index contributed by atoms with van der Waals surface area (Å²) >= 11 is 1.48. The first-order chi connectivity index (χ1) is 14.8. The van der Waals surface area contributed by atoms with Crippen molar-refractivity contribution in [3.05, 3.63) is 36.0 Å². The van der Waals surface area contributed by atoms with Gasteiger partial charge in [-0.25, -0.2) is 4.98 Å². The van der Waals surface area contributed by atoms with Gasteiger partial charge in [-0.1, -0.05) is 18.1 Å². The van der Waals surface area contributed by atoms with Gasteiger partial charge in [0.2, 0.25) is 5.13 Å². The fraction of sp³-hybridized carbons (Fsp3) is 0.474. The molecule has 10 nitrogen and oxygen atoms in total. The average Bonchev–Trinajstić information content (AvgIpc) is 3.47. The number of guanidine groups is 1. The Kier molecular flexibility index (Phi) is 6.47. The van der Waals surface area contributed by atoms with Crippen molar-refractivity contribution >= 4 is 22.6 Å². The Balaban J connectivity index is 1.25. The first-order valence-electron chi connectivity index (χ1n) is 10.0. The molecule has 0 spiro atoms. The molecule has 0 aliphatic carbocycles. The average molecular weight is 428 g/mol. The number of aryl methyl sites for hydroxylation is 1. The van der Waals surface area contributed by atoms with Crippen molar-refractivity contribution in [3.8, 4) is 11.6 Å². The Morgan fingerprint density at radius 1 is 1.20 bits per heavy atom. The van der Waals surface area contributed by atoms with Gasteiger partial charge in [-0.15, -0.1) is 0 Å². The Morgan fingerprint density at radius 2 is 2.07 bits per heavy atom. The Bertz CT molecular complexity index is 963. The van der Waals surface area contributed by atoms with Gasteiger partial charge in [0.05, 0.1) is 0 Å². The number of piperazine rings is 1. The molecule has 4 heterocycles. The minimum Gasteiger partial charge on any atom is -0.356 e. The van der Waals surface area contributed by atoms with Gasteiger partial charge in [-0.05, 0) is 12.1 Å². The van der Waals surface area contributed by atoms with Gasteiger partial charge in [0.25, 0.3) is 5.89 Å². The third-order valence-electron chi connectivity index (χ3n) is 4.82. The summed E-state index contributed by atoms with van der Waals surface area (Å²) < 4.78 is 9.69. The predicted molar refractivity (Wildman–Crippen MR) is 116 cm³/mol. The summed E-state index contributed by atoms with van der Waals surface area (Å²) in [7, 11) is 1.81. The van der Waals surface area contributed by atoms with Crippen molar-refractivity contribution < 1.29 is 4.52 Å². The van der Waals surface area contributed by atoms with Gasteiger partial charge in [0, 0.05) is 70.3 Å². The van der Waals surface area contributed by atoms with Crippen molar-refractivity contribution in [2.75, 3.05) is 44.7 Å². The Labute approximate surface area is 179 Å². The van der Waals surface area contributed by atoms with Crippen LogP contribution in [0.2, 0.25) is 0 Å². The zero-order valence-electron chi connectivity index (χ0n) is 17.2. The third-order valence-corrected chi connectivity index (χ3v) is 5.63. The molecule has 1 fully saturated rings. The molecule has 1 saturated heterocycles. The first-order valence-corrected chi connectivity index (χ1v) is 10.8. The van der Waals surface area contributed by atoms with Crippen molar-refractivity contribution in [3.63, 3.8) is 0 Å². The standard InChI is InChI=1S/C19H25N9OS/c1-3-15-24-19(30-26-15)28-12-10-27(11-13-28)18(20-2)22-9-7-16-23-17(29-25-16)14-6-4-5-8-21-14/h4-6,8H,3,7,9-13H2,1-2H3,(H,20,22). The van der Waals surface area contributed by atoms with E-state index in [1.165, 1.54) is 11.5 Å². The minimum atomic E-state index is 0.439. The molecule has 0 radical (unpaired) electrons. The second kappa shape index (κ2) is 9.61. The maximum atomic E-state index is 5.31. The number of aliphatic imine (C=N–C) groups is 1. The molecular weight excluding hydrogens is 402 g/mol. The van der Waals surface area contributed by atoms with Crippen LogP contribution in [-0.2, 0) is 12.8 Å². The van der Waals surface area contributed by atoms with Crippen LogP contribution in [0.4, 0.5) is 5.13 Å². The zero-order valence-corrected chi connectivity index (χ0v) is 18.0. The van der Waals surface area contributed by atoms with Gasteiger partial charge in [0.1, 0.15) is 11.5 Å². The summed E-state index contributed by atoms with van der Waals surface area (Å²) in [4.78, 5) is 22.2. The highest BCUT2D eigenvalue weighted by molar-refractivity contribution is 7.09. The molecule has 158 valence electrons. The van der Waals surface area contributed by atoms with Gasteiger partial charge >= 0.3 is 0 Å². The van der Waals surface area contributed by atoms with Crippen LogP contribution in [0, 0.1) is 0 Å². The van der Waals surface area contributed by atoms with E-state index in [-0.39, 0.29) is 0 Å². The lowest BCUT2D eigenvalue weighted by Crippen LogP contribution is -2.52. The SMILES string of the molecule is CCc1nsc(N2CCN(C(=NC)NCCc3noc(-c4ccccn4)n3)CC2)n1. The fourth-order valence-corrected chi connectivity index (χ4v) is 3.99. The van der Waals surface area contributed by atoms with Crippen molar-refractivity contribution in [1.29, 1.82) is 0 Å². The van der Waals surface area contributed by atoms with E-state index < -0.39 is 0 Å². The monoisotopic (exact) mass is 427 g/mol. The molecule has 3 aromatic rings. The number of nitrogens with one attached hydrogen (secondary N) is 1. The van der Waals surface area contributed by atoms with E-state index in [1.807, 2.05) is 18.2 Å². The molecule has 11 heteroatoms. The van der Waals surface area contributed by atoms with Crippen LogP contribution < -0.4 is 10.2 Å². The summed E-state index contributed by atoms with van der Waals surface area (Å²) in [6, 6.07) is 5.60. The van der Waals surface area contributed by atoms with Gasteiger partial charge < -0.3 is 19.6 Å². The largest absolute Gasteiger partial charge is 0.356 e. The summed E-state index contributed by atoms with van der Waals surface area (Å²) in [5.41, 5.74) is 0.680. The van der Waals surface area contributed by atoms with Crippen LogP contribution in [-0.4, -0.2) is 75.1 Å². The number of hydrogen-bond acceptors (Lipinski definition) is 9. The van der Waals surface area contributed by atoms with Crippen molar-refractivity contribution in [2.24, 2.45) is 4.99 Å². The number of anilines is 1. The maximum absolute atomic E-state index is 5.31. The highest BCUT2D eigenvalue weighted by atomic mass is 32.1. The number of aromatic nitrogens is 5. The van der Waals surface area contributed by atoms with E-state index >= 15 is 0 Å². The number of pyridine rings is 1. The molecule has 1 aliphatic heterocycles. The molecule has 0 saturated carbocycles. The second-order valence-electron chi connectivity index (χ2n) is 6.78. The Hall–Kier alpha value is -3.08. The molecule has 0 unspecified atom stereocenters. The highest BCUT2D eigenvalue weighted by Crippen LogP contribution is 2.19. The lowest BCUT2D eigenvalue weighted by molar-refractivity contribution is 0.372. The summed E-state index contributed by atoms with van der Waals surface area (Å²) in [5.74, 6) is 2.89. The normalized spacial score (nSPS) is 14.9. The van der Waals surface area contributed by atoms with E-state index in [0.29, 0.717) is 30.4 Å². The molecule has 0 bridgehead atoms. The molecule has 1 N–H and O–H groups in total. The van der Waals surface area contributed by atoms with Crippen LogP contribution in [0.1, 0.15) is 18.6 Å². The van der Waals surface area contributed by atoms with Crippen LogP contribution in [0.15, 0.2) is 33.9 Å². The molecule has 0 aromatic carbocycles. The fourth-order valence-electron chi connectivity index (χ4n) is 3.19. The highest BCUT2D eigenvalue weighted by Gasteiger charge is 2.22. The van der Waals surface area contributed by atoms with Gasteiger partial charge in [-0.2, -0.15) is 9.36 Å². The first kappa shape index (κ1) is 20.2. The van der Waals surface area contributed by atoms with E-state index in [2.05, 4.69) is 51.5 Å². The van der Waals surface area contributed by atoms with Crippen LogP contribution in [0.5, 0.6) is 0 Å². The lowest BCUT2D eigenvalue weighted by Gasteiger charge is -2.36. The van der Waals surface area contributed by atoms with E-state index in [1.54, 1.807) is 13.2 Å². The number of rotatable bonds is 6. The summed E-state index contributed by atoms with van der Waals surface area (Å²) in [6.45, 7) is 6.31. The van der Waals surface area contributed by atoms with Crippen molar-refractivity contribution in [1.82, 2.24) is 34.7 Å². The summed E-state index contributed by atoms with van der Waals surface area (Å²) in [6.07, 6.45) is 3.22. The Morgan fingerprint density at radius 3 is 2.77 bits per heavy atom. The molecule has 1 aliphatic rings. The molecule has 0 amide bonds. The topological polar surface area (TPSA) is 108 Å². The summed E-state index contributed by atoms with van der Waals surface area (Å²) in [5, 5.41) is 8.45. The minimum absolute atomic E-state index is 0.439. The predicted octanol–water partition coefficient (Wildman–Crippen LogP) is 1.49. The van der Waals surface area contributed by atoms with E-state index in [0.717, 1.165) is 49.5 Å². The second-order valence-corrected chi connectivity index (χ2v) is 7.51. The number of hydrogen-bond donors (Lipinski definition) is 1. The smallest absolute Gasteiger partial charge is 0.276 e. The van der Waals surface area contributed by atoms with E-state index in [4.69, 9.17) is 4.52 Å². The molecule has 0 atom stereocenters. The number of nitrogens with zero attached hydrogens (tertiary/aromatic N) is 8. The van der Waals surface area contributed by atoms with Crippen LogP contribution in [0.25, 0.3) is 11.6 Å².